The molecule has 144 valence electrons. The molecule has 0 bridgehead atoms. The summed E-state index contributed by atoms with van der Waals surface area (Å²) in [5, 5.41) is -0.151. The topological polar surface area (TPSA) is 58.9 Å². The summed E-state index contributed by atoms with van der Waals surface area (Å²) < 4.78 is 4.27. The van der Waals surface area contributed by atoms with Crippen LogP contribution in [0, 0.1) is 10.8 Å². The maximum Gasteiger partial charge on any atom is 0.203 e. The van der Waals surface area contributed by atoms with Crippen molar-refractivity contribution in [3.63, 3.8) is 0 Å². The van der Waals surface area contributed by atoms with Gasteiger partial charge in [0, 0.05) is 23.6 Å². The van der Waals surface area contributed by atoms with Crippen molar-refractivity contribution in [3.8, 4) is 0 Å². The lowest BCUT2D eigenvalue weighted by Crippen LogP contribution is -2.35. The third kappa shape index (κ3) is 3.91. The standard InChI is InChI=1S/C20H21Cl2IN2O2/c1-19(2,3)13-15(21)18(27)14(16(22)17(13)26)20(4,5)11-9-10(24-6)7-8-12(11)25-23/h7-9H,1-6H3/b24-10-,25-12+. The fourth-order valence-corrected chi connectivity index (χ4v) is 4.55. The molecule has 0 amide bonds. The molecule has 0 saturated heterocycles. The molecule has 0 saturated carbocycles. The second-order valence-corrected chi connectivity index (χ2v) is 9.16. The molecule has 0 unspecified atom stereocenters. The van der Waals surface area contributed by atoms with Crippen molar-refractivity contribution in [1.82, 2.24) is 0 Å². The highest BCUT2D eigenvalue weighted by Gasteiger charge is 2.45. The summed E-state index contributed by atoms with van der Waals surface area (Å²) in [7, 11) is 1.68. The van der Waals surface area contributed by atoms with Crippen molar-refractivity contribution in [2.24, 2.45) is 19.0 Å². The average molecular weight is 519 g/mol. The van der Waals surface area contributed by atoms with Gasteiger partial charge in [-0.3, -0.25) is 14.6 Å². The lowest BCUT2D eigenvalue weighted by atomic mass is 9.68. The number of carbonyl (C=O) groups excluding carboxylic acids is 2. The number of Topliss-reactive ketones (excluding diaryl/α,β-unsaturated/α-hetero) is 2. The van der Waals surface area contributed by atoms with Crippen molar-refractivity contribution in [2.45, 2.75) is 34.6 Å². The summed E-state index contributed by atoms with van der Waals surface area (Å²) in [6.45, 7) is 9.16. The first-order valence-electron chi connectivity index (χ1n) is 8.34. The van der Waals surface area contributed by atoms with Gasteiger partial charge in [0.2, 0.25) is 11.6 Å². The van der Waals surface area contributed by atoms with Crippen LogP contribution in [0.4, 0.5) is 0 Å². The second kappa shape index (κ2) is 7.76. The number of rotatable bonds is 2. The Hall–Kier alpha value is -1.05. The molecule has 0 spiro atoms. The summed E-state index contributed by atoms with van der Waals surface area (Å²) in [5.41, 5.74) is 1.12. The molecule has 0 aliphatic heterocycles. The zero-order valence-corrected chi connectivity index (χ0v) is 19.7. The smallest absolute Gasteiger partial charge is 0.203 e. The fourth-order valence-electron chi connectivity index (χ4n) is 3.25. The number of nitrogens with zero attached hydrogens (tertiary/aromatic N) is 2. The molecule has 0 N–H and O–H groups in total. The Kier molecular flexibility index (Phi) is 6.39. The molecule has 0 aromatic heterocycles. The molecule has 27 heavy (non-hydrogen) atoms. The fraction of sp³-hybridized carbons (Fsp3) is 0.400. The van der Waals surface area contributed by atoms with Crippen LogP contribution in [0.2, 0.25) is 0 Å². The number of ketones is 2. The van der Waals surface area contributed by atoms with Gasteiger partial charge in [0.1, 0.15) is 0 Å². The first-order valence-corrected chi connectivity index (χ1v) is 10.1. The molecular weight excluding hydrogens is 498 g/mol. The molecule has 0 radical (unpaired) electrons. The molecule has 4 nitrogen and oxygen atoms in total. The highest BCUT2D eigenvalue weighted by Crippen LogP contribution is 2.47. The maximum atomic E-state index is 13.2. The normalized spacial score (nSPS) is 22.3. The summed E-state index contributed by atoms with van der Waals surface area (Å²) in [6.07, 6.45) is 5.52. The van der Waals surface area contributed by atoms with Crippen LogP contribution in [0.5, 0.6) is 0 Å². The van der Waals surface area contributed by atoms with Crippen molar-refractivity contribution in [1.29, 1.82) is 0 Å². The lowest BCUT2D eigenvalue weighted by Gasteiger charge is -2.35. The van der Waals surface area contributed by atoms with E-state index in [0.29, 0.717) is 5.71 Å². The van der Waals surface area contributed by atoms with E-state index in [9.17, 15) is 9.59 Å². The van der Waals surface area contributed by atoms with Gasteiger partial charge in [-0.15, -0.1) is 0 Å². The number of carbonyl (C=O) groups is 2. The van der Waals surface area contributed by atoms with E-state index in [1.165, 1.54) is 0 Å². The van der Waals surface area contributed by atoms with E-state index in [0.717, 1.165) is 11.3 Å². The van der Waals surface area contributed by atoms with Crippen LogP contribution in [-0.2, 0) is 9.59 Å². The molecule has 0 aromatic carbocycles. The van der Waals surface area contributed by atoms with Crippen LogP contribution in [0.25, 0.3) is 0 Å². The highest BCUT2D eigenvalue weighted by atomic mass is 127. The third-order valence-corrected chi connectivity index (χ3v) is 5.91. The summed E-state index contributed by atoms with van der Waals surface area (Å²) >= 11 is 14.7. The summed E-state index contributed by atoms with van der Waals surface area (Å²) in [6, 6.07) is 0. The van der Waals surface area contributed by atoms with Gasteiger partial charge >= 0.3 is 0 Å². The Labute approximate surface area is 183 Å². The molecule has 2 aliphatic rings. The Balaban J connectivity index is 2.70. The minimum atomic E-state index is -0.891. The van der Waals surface area contributed by atoms with Gasteiger partial charge in [-0.1, -0.05) is 57.8 Å². The van der Waals surface area contributed by atoms with E-state index in [2.05, 4.69) is 8.20 Å². The van der Waals surface area contributed by atoms with Crippen LogP contribution in [0.3, 0.4) is 0 Å². The lowest BCUT2D eigenvalue weighted by molar-refractivity contribution is -0.117. The van der Waals surface area contributed by atoms with Gasteiger partial charge in [0.05, 0.1) is 44.4 Å². The SMILES string of the molecule is C/N=C1C=C/C(=N\I)C(C(C)(C)C2=C(Cl)C(=O)C(C(C)(C)C)=C(Cl)C2=O)=C/1. The Morgan fingerprint density at radius 1 is 0.926 bits per heavy atom. The highest BCUT2D eigenvalue weighted by molar-refractivity contribution is 14.1. The molecule has 0 heterocycles. The van der Waals surface area contributed by atoms with Crippen molar-refractivity contribution in [2.75, 3.05) is 7.05 Å². The molecule has 0 fully saturated rings. The predicted molar refractivity (Wildman–Crippen MR) is 121 cm³/mol. The van der Waals surface area contributed by atoms with Crippen LogP contribution in [0.1, 0.15) is 34.6 Å². The predicted octanol–water partition coefficient (Wildman–Crippen LogP) is 5.55. The summed E-state index contributed by atoms with van der Waals surface area (Å²) in [5.74, 6) is -0.824. The Morgan fingerprint density at radius 2 is 1.44 bits per heavy atom. The monoisotopic (exact) mass is 518 g/mol. The molecule has 0 aromatic rings. The van der Waals surface area contributed by atoms with E-state index in [-0.39, 0.29) is 21.2 Å². The van der Waals surface area contributed by atoms with Crippen molar-refractivity contribution < 1.29 is 9.59 Å². The van der Waals surface area contributed by atoms with Gasteiger partial charge in [0.25, 0.3) is 0 Å². The number of allylic oxidation sites excluding steroid dienone is 8. The van der Waals surface area contributed by atoms with Gasteiger partial charge in [0.15, 0.2) is 0 Å². The van der Waals surface area contributed by atoms with E-state index in [1.807, 2.05) is 75.7 Å². The van der Waals surface area contributed by atoms with Gasteiger partial charge in [-0.2, -0.15) is 0 Å². The Bertz CT molecular complexity index is 911. The van der Waals surface area contributed by atoms with Crippen LogP contribution in [-0.4, -0.2) is 30.0 Å². The van der Waals surface area contributed by atoms with Gasteiger partial charge in [-0.05, 0) is 29.2 Å². The van der Waals surface area contributed by atoms with E-state index in [4.69, 9.17) is 23.2 Å². The number of hydrogen-bond acceptors (Lipinski definition) is 4. The second-order valence-electron chi connectivity index (χ2n) is 7.92. The molecule has 2 rings (SSSR count). The average Bonchev–Trinajstić information content (AvgIpc) is 2.58. The van der Waals surface area contributed by atoms with E-state index < -0.39 is 22.4 Å². The molecule has 0 atom stereocenters. The largest absolute Gasteiger partial charge is 0.289 e. The number of halogens is 3. The first-order chi connectivity index (χ1) is 12.4. The van der Waals surface area contributed by atoms with E-state index >= 15 is 0 Å². The minimum Gasteiger partial charge on any atom is -0.289 e. The van der Waals surface area contributed by atoms with Gasteiger partial charge < -0.3 is 0 Å². The quantitative estimate of drug-likeness (QED) is 0.355. The van der Waals surface area contributed by atoms with E-state index in [1.54, 1.807) is 7.05 Å². The molecular formula is C20H21Cl2IN2O2. The van der Waals surface area contributed by atoms with Crippen LogP contribution >= 0.6 is 46.1 Å². The van der Waals surface area contributed by atoms with Crippen LogP contribution < -0.4 is 0 Å². The zero-order chi connectivity index (χ0) is 20.7. The number of aliphatic imine (C=N–C) groups is 1. The van der Waals surface area contributed by atoms with Crippen LogP contribution in [0.15, 0.2) is 53.2 Å². The first kappa shape index (κ1) is 22.2. The van der Waals surface area contributed by atoms with Crippen molar-refractivity contribution in [3.05, 3.63) is 45.0 Å². The minimum absolute atomic E-state index is 0.0655. The van der Waals surface area contributed by atoms with Gasteiger partial charge in [-0.25, -0.2) is 3.21 Å². The Morgan fingerprint density at radius 3 is 1.93 bits per heavy atom. The molecule has 2 aliphatic carbocycles. The maximum absolute atomic E-state index is 13.2. The zero-order valence-electron chi connectivity index (χ0n) is 16.1. The number of hydrogen-bond donors (Lipinski definition) is 0. The van der Waals surface area contributed by atoms with Crippen molar-refractivity contribution >= 4 is 69.1 Å². The molecule has 7 heteroatoms. The summed E-state index contributed by atoms with van der Waals surface area (Å²) in [4.78, 5) is 30.3. The third-order valence-electron chi connectivity index (χ3n) is 4.67.